The van der Waals surface area contributed by atoms with Gasteiger partial charge in [0, 0.05) is 16.7 Å². The lowest BCUT2D eigenvalue weighted by molar-refractivity contribution is 0.314. The summed E-state index contributed by atoms with van der Waals surface area (Å²) < 4.78 is 91.9. The van der Waals surface area contributed by atoms with Crippen molar-refractivity contribution in [2.24, 2.45) is 0 Å². The predicted octanol–water partition coefficient (Wildman–Crippen LogP) is 8.25. The Kier molecular flexibility index (Phi) is 6.73. The van der Waals surface area contributed by atoms with Crippen molar-refractivity contribution in [3.63, 3.8) is 0 Å². The molecule has 0 saturated heterocycles. The molecule has 7 heteroatoms. The second-order valence-electron chi connectivity index (χ2n) is 8.26. The van der Waals surface area contributed by atoms with Crippen LogP contribution >= 0.6 is 0 Å². The number of benzene rings is 3. The van der Waals surface area contributed by atoms with Crippen molar-refractivity contribution < 1.29 is 31.1 Å². The van der Waals surface area contributed by atoms with Crippen LogP contribution in [0, 0.1) is 41.8 Å². The van der Waals surface area contributed by atoms with Gasteiger partial charge in [0.25, 0.3) is 0 Å². The first-order valence-electron chi connectivity index (χ1n) is 11.0. The molecule has 1 atom stereocenters. The number of hydrogen-bond donors (Lipinski definition) is 0. The highest BCUT2D eigenvalue weighted by Gasteiger charge is 2.26. The lowest BCUT2D eigenvalue weighted by atomic mass is 9.81. The zero-order valence-electron chi connectivity index (χ0n) is 18.6. The van der Waals surface area contributed by atoms with E-state index in [1.54, 1.807) is 13.0 Å². The van der Waals surface area contributed by atoms with Crippen molar-refractivity contribution in [3.05, 3.63) is 94.1 Å². The average molecular weight is 476 g/mol. The maximum atomic E-state index is 15.0. The minimum absolute atomic E-state index is 0.0962. The van der Waals surface area contributed by atoms with Gasteiger partial charge in [-0.3, -0.25) is 0 Å². The minimum atomic E-state index is -1.32. The molecular weight excluding hydrogens is 454 g/mol. The Hall–Kier alpha value is -3.22. The molecule has 1 nitrogen and oxygen atoms in total. The summed E-state index contributed by atoms with van der Waals surface area (Å²) in [6.07, 6.45) is 2.74. The first-order chi connectivity index (χ1) is 16.2. The molecule has 0 amide bonds. The van der Waals surface area contributed by atoms with Gasteiger partial charge in [0.15, 0.2) is 34.8 Å². The summed E-state index contributed by atoms with van der Waals surface area (Å²) in [7, 11) is 0. The summed E-state index contributed by atoms with van der Waals surface area (Å²) in [6, 6.07) is 7.91. The lowest BCUT2D eigenvalue weighted by Crippen LogP contribution is -2.09. The van der Waals surface area contributed by atoms with Gasteiger partial charge in [-0.2, -0.15) is 4.39 Å². The zero-order valence-corrected chi connectivity index (χ0v) is 18.6. The van der Waals surface area contributed by atoms with Gasteiger partial charge in [-0.1, -0.05) is 30.3 Å². The predicted molar refractivity (Wildman–Crippen MR) is 119 cm³/mol. The van der Waals surface area contributed by atoms with Crippen LogP contribution in [-0.4, -0.2) is 6.61 Å². The SMILES string of the molecule is CCOc1ccc(-c2ccc(C3CC=C(c4ccc(C)c(F)c4F)CC3)c(F)c2F)c(F)c1F. The van der Waals surface area contributed by atoms with Crippen molar-refractivity contribution in [2.45, 2.75) is 39.0 Å². The van der Waals surface area contributed by atoms with Crippen LogP contribution in [0.2, 0.25) is 0 Å². The maximum absolute atomic E-state index is 15.0. The second kappa shape index (κ2) is 9.57. The van der Waals surface area contributed by atoms with Gasteiger partial charge in [0.05, 0.1) is 6.61 Å². The highest BCUT2D eigenvalue weighted by Crippen LogP contribution is 2.40. The monoisotopic (exact) mass is 476 g/mol. The van der Waals surface area contributed by atoms with Crippen LogP contribution in [0.3, 0.4) is 0 Å². The fourth-order valence-corrected chi connectivity index (χ4v) is 4.35. The Morgan fingerprint density at radius 3 is 2.00 bits per heavy atom. The van der Waals surface area contributed by atoms with Crippen LogP contribution in [0.4, 0.5) is 26.3 Å². The molecule has 178 valence electrons. The quantitative estimate of drug-likeness (QED) is 0.337. The van der Waals surface area contributed by atoms with Gasteiger partial charge in [-0.25, -0.2) is 22.0 Å². The molecule has 34 heavy (non-hydrogen) atoms. The van der Waals surface area contributed by atoms with E-state index in [-0.39, 0.29) is 29.0 Å². The molecule has 0 heterocycles. The molecule has 0 radical (unpaired) electrons. The Balaban J connectivity index is 1.62. The van der Waals surface area contributed by atoms with E-state index in [1.807, 2.05) is 0 Å². The van der Waals surface area contributed by atoms with Crippen molar-refractivity contribution in [1.82, 2.24) is 0 Å². The standard InChI is InChI=1S/C27H22F6O/c1-3-34-21-13-12-20(26(32)27(21)33)19-11-10-18(24(30)25(19)31)16-7-5-15(6-8-16)17-9-4-14(2)22(28)23(17)29/h4-5,9-13,16H,3,6-8H2,1-2H3. The molecular formula is C27H22F6O. The van der Waals surface area contributed by atoms with Gasteiger partial charge in [-0.05, 0) is 67.9 Å². The summed E-state index contributed by atoms with van der Waals surface area (Å²) in [5.41, 5.74) is 0.265. The molecule has 0 bridgehead atoms. The Morgan fingerprint density at radius 1 is 0.735 bits per heavy atom. The molecule has 0 saturated carbocycles. The summed E-state index contributed by atoms with van der Waals surface area (Å²) in [6.45, 7) is 3.20. The van der Waals surface area contributed by atoms with Gasteiger partial charge < -0.3 is 4.74 Å². The molecule has 1 aliphatic rings. The fraction of sp³-hybridized carbons (Fsp3) is 0.259. The minimum Gasteiger partial charge on any atom is -0.491 e. The first-order valence-corrected chi connectivity index (χ1v) is 11.0. The van der Waals surface area contributed by atoms with Gasteiger partial charge in [0.1, 0.15) is 0 Å². The van der Waals surface area contributed by atoms with E-state index >= 15 is 4.39 Å². The van der Waals surface area contributed by atoms with E-state index in [2.05, 4.69) is 0 Å². The number of aryl methyl sites for hydroxylation is 1. The van der Waals surface area contributed by atoms with Crippen molar-refractivity contribution in [1.29, 1.82) is 0 Å². The molecule has 4 rings (SSSR count). The number of halogens is 6. The smallest absolute Gasteiger partial charge is 0.201 e. The van der Waals surface area contributed by atoms with E-state index in [4.69, 9.17) is 4.74 Å². The topological polar surface area (TPSA) is 9.23 Å². The average Bonchev–Trinajstić information content (AvgIpc) is 2.83. The van der Waals surface area contributed by atoms with Gasteiger partial charge >= 0.3 is 0 Å². The largest absolute Gasteiger partial charge is 0.491 e. The Labute approximate surface area is 193 Å². The first kappa shape index (κ1) is 23.9. The van der Waals surface area contributed by atoms with Crippen LogP contribution < -0.4 is 4.74 Å². The van der Waals surface area contributed by atoms with E-state index in [1.165, 1.54) is 37.3 Å². The van der Waals surface area contributed by atoms with Crippen molar-refractivity contribution in [2.75, 3.05) is 6.61 Å². The van der Waals surface area contributed by atoms with E-state index in [0.717, 1.165) is 6.07 Å². The number of allylic oxidation sites excluding steroid dienone is 2. The van der Waals surface area contributed by atoms with E-state index in [9.17, 15) is 22.0 Å². The number of hydrogen-bond acceptors (Lipinski definition) is 1. The zero-order chi connectivity index (χ0) is 24.6. The van der Waals surface area contributed by atoms with Crippen molar-refractivity contribution in [3.8, 4) is 16.9 Å². The molecule has 1 aliphatic carbocycles. The molecule has 3 aromatic carbocycles. The van der Waals surface area contributed by atoms with Crippen LogP contribution in [0.5, 0.6) is 5.75 Å². The third-order valence-corrected chi connectivity index (χ3v) is 6.22. The molecule has 0 aliphatic heterocycles. The maximum Gasteiger partial charge on any atom is 0.201 e. The van der Waals surface area contributed by atoms with Gasteiger partial charge in [0.2, 0.25) is 5.82 Å². The summed E-state index contributed by atoms with van der Waals surface area (Å²) >= 11 is 0. The third kappa shape index (κ3) is 4.19. The second-order valence-corrected chi connectivity index (χ2v) is 8.26. The molecule has 1 unspecified atom stereocenters. The van der Waals surface area contributed by atoms with Gasteiger partial charge in [-0.15, -0.1) is 0 Å². The van der Waals surface area contributed by atoms with Crippen LogP contribution in [0.15, 0.2) is 42.5 Å². The molecule has 3 aromatic rings. The highest BCUT2D eigenvalue weighted by molar-refractivity contribution is 5.69. The van der Waals surface area contributed by atoms with E-state index in [0.29, 0.717) is 24.8 Å². The highest BCUT2D eigenvalue weighted by atomic mass is 19.2. The van der Waals surface area contributed by atoms with E-state index < -0.39 is 51.9 Å². The Bertz CT molecular complexity index is 1280. The van der Waals surface area contributed by atoms with Crippen LogP contribution in [0.25, 0.3) is 16.7 Å². The van der Waals surface area contributed by atoms with Crippen LogP contribution in [-0.2, 0) is 0 Å². The summed E-state index contributed by atoms with van der Waals surface area (Å²) in [5.74, 6) is -7.54. The summed E-state index contributed by atoms with van der Waals surface area (Å²) in [4.78, 5) is 0. The number of ether oxygens (including phenoxy) is 1. The molecule has 0 fully saturated rings. The third-order valence-electron chi connectivity index (χ3n) is 6.22. The molecule has 0 aromatic heterocycles. The molecule has 0 N–H and O–H groups in total. The lowest BCUT2D eigenvalue weighted by Gasteiger charge is -2.24. The Morgan fingerprint density at radius 2 is 1.35 bits per heavy atom. The van der Waals surface area contributed by atoms with Crippen LogP contribution in [0.1, 0.15) is 48.8 Å². The number of rotatable bonds is 5. The summed E-state index contributed by atoms with van der Waals surface area (Å²) in [5, 5.41) is 0. The normalized spacial score (nSPS) is 15.9. The molecule has 0 spiro atoms. The fourth-order valence-electron chi connectivity index (χ4n) is 4.35. The van der Waals surface area contributed by atoms with Crippen molar-refractivity contribution >= 4 is 5.57 Å².